The second kappa shape index (κ2) is 8.78. The molecular weight excluding hydrogens is 449 g/mol. The highest BCUT2D eigenvalue weighted by Gasteiger charge is 2.52. The average Bonchev–Trinajstić information content (AvgIpc) is 2.72. The van der Waals surface area contributed by atoms with Gasteiger partial charge in [0.1, 0.15) is 12.4 Å². The first-order chi connectivity index (χ1) is 14.9. The van der Waals surface area contributed by atoms with E-state index in [0.717, 1.165) is 46.2 Å². The van der Waals surface area contributed by atoms with Crippen LogP contribution >= 0.6 is 34.8 Å². The Hall–Kier alpha value is -0.930. The summed E-state index contributed by atoms with van der Waals surface area (Å²) in [5.41, 5.74) is 2.57. The van der Waals surface area contributed by atoms with Crippen molar-refractivity contribution in [1.82, 2.24) is 5.32 Å². The van der Waals surface area contributed by atoms with E-state index in [-0.39, 0.29) is 0 Å². The van der Waals surface area contributed by atoms with Gasteiger partial charge in [-0.3, -0.25) is 0 Å². The van der Waals surface area contributed by atoms with Crippen LogP contribution in [0.15, 0.2) is 36.4 Å². The molecule has 0 heterocycles. The van der Waals surface area contributed by atoms with Gasteiger partial charge in [-0.15, -0.1) is 0 Å². The predicted molar refractivity (Wildman–Crippen MR) is 129 cm³/mol. The fourth-order valence-electron chi connectivity index (χ4n) is 6.81. The molecule has 4 fully saturated rings. The van der Waals surface area contributed by atoms with E-state index in [4.69, 9.17) is 39.5 Å². The molecule has 0 amide bonds. The fraction of sp³-hybridized carbons (Fsp3) is 0.538. The van der Waals surface area contributed by atoms with E-state index in [0.29, 0.717) is 28.1 Å². The maximum atomic E-state index is 6.33. The summed E-state index contributed by atoms with van der Waals surface area (Å²) in [5.74, 6) is 3.76. The van der Waals surface area contributed by atoms with Crippen LogP contribution in [0.3, 0.4) is 0 Å². The molecule has 1 N–H and O–H groups in total. The molecule has 4 aliphatic carbocycles. The van der Waals surface area contributed by atoms with Crippen molar-refractivity contribution in [3.8, 4) is 5.75 Å². The van der Waals surface area contributed by atoms with E-state index < -0.39 is 0 Å². The lowest BCUT2D eigenvalue weighted by molar-refractivity contribution is -0.0706. The molecule has 5 heteroatoms. The molecule has 4 aliphatic rings. The first-order valence-electron chi connectivity index (χ1n) is 11.5. The molecule has 0 aromatic heterocycles. The van der Waals surface area contributed by atoms with Crippen molar-refractivity contribution in [2.45, 2.75) is 64.6 Å². The number of rotatable bonds is 7. The van der Waals surface area contributed by atoms with Crippen molar-refractivity contribution >= 4 is 34.8 Å². The van der Waals surface area contributed by atoms with Crippen molar-refractivity contribution < 1.29 is 4.74 Å². The molecule has 0 radical (unpaired) electrons. The summed E-state index contributed by atoms with van der Waals surface area (Å²) in [6, 6.07) is 12.0. The fourth-order valence-corrected chi connectivity index (χ4v) is 7.32. The van der Waals surface area contributed by atoms with Gasteiger partial charge in [0.05, 0.1) is 10.0 Å². The molecule has 4 saturated carbocycles. The first-order valence-corrected chi connectivity index (χ1v) is 12.6. The molecule has 2 aromatic carbocycles. The maximum Gasteiger partial charge on any atom is 0.124 e. The Kier molecular flexibility index (Phi) is 6.20. The van der Waals surface area contributed by atoms with Crippen molar-refractivity contribution in [3.63, 3.8) is 0 Å². The molecule has 1 unspecified atom stereocenters. The van der Waals surface area contributed by atoms with Crippen molar-refractivity contribution in [2.75, 3.05) is 0 Å². The second-order valence-electron chi connectivity index (χ2n) is 10.2. The number of ether oxygens (including phenoxy) is 1. The summed E-state index contributed by atoms with van der Waals surface area (Å²) in [7, 11) is 0. The monoisotopic (exact) mass is 477 g/mol. The van der Waals surface area contributed by atoms with Crippen molar-refractivity contribution in [3.05, 3.63) is 62.6 Å². The Balaban J connectivity index is 1.26. The molecular formula is C26H30Cl3NO. The van der Waals surface area contributed by atoms with E-state index in [2.05, 4.69) is 12.2 Å². The van der Waals surface area contributed by atoms with E-state index >= 15 is 0 Å². The lowest BCUT2D eigenvalue weighted by Gasteiger charge is -2.59. The zero-order valence-electron chi connectivity index (χ0n) is 18.0. The second-order valence-corrected chi connectivity index (χ2v) is 11.4. The van der Waals surface area contributed by atoms with Crippen LogP contribution in [0.1, 0.15) is 56.6 Å². The zero-order valence-corrected chi connectivity index (χ0v) is 20.2. The molecule has 31 heavy (non-hydrogen) atoms. The Labute approximate surface area is 200 Å². The minimum atomic E-state index is 0.441. The van der Waals surface area contributed by atoms with E-state index in [1.54, 1.807) is 6.07 Å². The summed E-state index contributed by atoms with van der Waals surface area (Å²) < 4.78 is 6.15. The smallest absolute Gasteiger partial charge is 0.124 e. The van der Waals surface area contributed by atoms with Crippen LogP contribution in [0.5, 0.6) is 5.75 Å². The SMILES string of the molecule is CC(NCc1cc(Cl)ccc1OCc1ccc(Cl)c(Cl)c1)C12CC3CC(CC(C3)C1)C2. The number of hydrogen-bond donors (Lipinski definition) is 1. The third-order valence-corrected chi connectivity index (χ3v) is 8.98. The topological polar surface area (TPSA) is 21.3 Å². The maximum absolute atomic E-state index is 6.33. The molecule has 2 aromatic rings. The van der Waals surface area contributed by atoms with E-state index in [1.165, 1.54) is 38.5 Å². The predicted octanol–water partition coefficient (Wildman–Crippen LogP) is 7.92. The molecule has 0 aliphatic heterocycles. The van der Waals surface area contributed by atoms with Crippen LogP contribution in [0, 0.1) is 23.2 Å². The van der Waals surface area contributed by atoms with Gasteiger partial charge in [0.15, 0.2) is 0 Å². The van der Waals surface area contributed by atoms with E-state index in [9.17, 15) is 0 Å². The first kappa shape index (κ1) is 21.9. The number of benzene rings is 2. The summed E-state index contributed by atoms with van der Waals surface area (Å²) in [6.07, 6.45) is 8.66. The molecule has 6 rings (SSSR count). The largest absolute Gasteiger partial charge is 0.489 e. The van der Waals surface area contributed by atoms with Gasteiger partial charge in [0.2, 0.25) is 0 Å². The third-order valence-electron chi connectivity index (χ3n) is 8.00. The molecule has 166 valence electrons. The third kappa shape index (κ3) is 4.60. The quantitative estimate of drug-likeness (QED) is 0.436. The van der Waals surface area contributed by atoms with Crippen molar-refractivity contribution in [2.24, 2.45) is 23.2 Å². The normalized spacial score (nSPS) is 29.9. The van der Waals surface area contributed by atoms with Crippen LogP contribution in [0.2, 0.25) is 15.1 Å². The van der Waals surface area contributed by atoms with Gasteiger partial charge in [-0.2, -0.15) is 0 Å². The summed E-state index contributed by atoms with van der Waals surface area (Å²) in [5, 5.41) is 5.70. The van der Waals surface area contributed by atoms with Crippen LogP contribution < -0.4 is 10.1 Å². The van der Waals surface area contributed by atoms with Gasteiger partial charge in [-0.05, 0) is 105 Å². The average molecular weight is 479 g/mol. The number of halogens is 3. The zero-order chi connectivity index (χ0) is 21.6. The molecule has 0 saturated heterocycles. The number of nitrogens with one attached hydrogen (secondary N) is 1. The Morgan fingerprint density at radius 1 is 0.935 bits per heavy atom. The molecule has 2 nitrogen and oxygen atoms in total. The Morgan fingerprint density at radius 3 is 2.26 bits per heavy atom. The highest BCUT2D eigenvalue weighted by atomic mass is 35.5. The van der Waals surface area contributed by atoms with Gasteiger partial charge < -0.3 is 10.1 Å². The summed E-state index contributed by atoms with van der Waals surface area (Å²) in [6.45, 7) is 3.60. The molecule has 0 spiro atoms. The van der Waals surface area contributed by atoms with Crippen molar-refractivity contribution in [1.29, 1.82) is 0 Å². The van der Waals surface area contributed by atoms with Gasteiger partial charge in [0.25, 0.3) is 0 Å². The summed E-state index contributed by atoms with van der Waals surface area (Å²) >= 11 is 18.5. The number of hydrogen-bond acceptors (Lipinski definition) is 2. The molecule has 4 bridgehead atoms. The minimum absolute atomic E-state index is 0.441. The minimum Gasteiger partial charge on any atom is -0.489 e. The lowest BCUT2D eigenvalue weighted by atomic mass is 9.48. The van der Waals surface area contributed by atoms with Crippen LogP contribution in [0.25, 0.3) is 0 Å². The van der Waals surface area contributed by atoms with Crippen LogP contribution in [0.4, 0.5) is 0 Å². The lowest BCUT2D eigenvalue weighted by Crippen LogP contribution is -2.54. The highest BCUT2D eigenvalue weighted by Crippen LogP contribution is 2.61. The Bertz CT molecular complexity index is 924. The highest BCUT2D eigenvalue weighted by molar-refractivity contribution is 6.42. The summed E-state index contributed by atoms with van der Waals surface area (Å²) in [4.78, 5) is 0. The van der Waals surface area contributed by atoms with Crippen LogP contribution in [-0.4, -0.2) is 6.04 Å². The van der Waals surface area contributed by atoms with E-state index in [1.807, 2.05) is 30.3 Å². The molecule has 1 atom stereocenters. The van der Waals surface area contributed by atoms with Gasteiger partial charge in [0, 0.05) is 23.2 Å². The van der Waals surface area contributed by atoms with Gasteiger partial charge in [-0.25, -0.2) is 0 Å². The van der Waals surface area contributed by atoms with Gasteiger partial charge in [-0.1, -0.05) is 40.9 Å². The van der Waals surface area contributed by atoms with Gasteiger partial charge >= 0.3 is 0 Å². The van der Waals surface area contributed by atoms with Crippen LogP contribution in [-0.2, 0) is 13.2 Å². The Morgan fingerprint density at radius 2 is 1.61 bits per heavy atom. The standard InChI is InChI=1S/C26H30Cl3NO/c1-16(26-11-18-6-19(12-26)8-20(7-18)13-26)30-14-21-10-22(27)3-5-25(21)31-15-17-2-4-23(28)24(29)9-17/h2-5,9-10,16,18-20,30H,6-8,11-15H2,1H3.